The summed E-state index contributed by atoms with van der Waals surface area (Å²) in [6.07, 6.45) is 2.03. The number of ether oxygens (including phenoxy) is 1. The number of hydrogen-bond acceptors (Lipinski definition) is 3. The van der Waals surface area contributed by atoms with Gasteiger partial charge in [0.1, 0.15) is 18.5 Å². The van der Waals surface area contributed by atoms with Crippen LogP contribution in [0.4, 0.5) is 0 Å². The van der Waals surface area contributed by atoms with Gasteiger partial charge in [-0.15, -0.1) is 0 Å². The van der Waals surface area contributed by atoms with Crippen molar-refractivity contribution in [3.63, 3.8) is 0 Å². The van der Waals surface area contributed by atoms with Crippen LogP contribution in [0.5, 0.6) is 5.75 Å². The number of nitrogens with one attached hydrogen (secondary N) is 1. The second-order valence-electron chi connectivity index (χ2n) is 6.43. The standard InChI is InChI=1S/C16H25NO2/c1-16(2,3)12-5-4-6-15(9-12)19-11-14(18)10-17-13-7-8-13/h4-6,9,13-14,17-18H,7-8,10-11H2,1-3H3. The molecule has 0 aromatic heterocycles. The molecule has 1 aromatic rings. The van der Waals surface area contributed by atoms with Crippen LogP contribution in [-0.4, -0.2) is 30.4 Å². The maximum absolute atomic E-state index is 9.83. The summed E-state index contributed by atoms with van der Waals surface area (Å²) in [4.78, 5) is 0. The zero-order valence-electron chi connectivity index (χ0n) is 12.1. The fraction of sp³-hybridized carbons (Fsp3) is 0.625. The minimum absolute atomic E-state index is 0.117. The van der Waals surface area contributed by atoms with Gasteiger partial charge >= 0.3 is 0 Å². The predicted molar refractivity (Wildman–Crippen MR) is 77.7 cm³/mol. The van der Waals surface area contributed by atoms with Crippen molar-refractivity contribution in [1.82, 2.24) is 5.32 Å². The van der Waals surface area contributed by atoms with E-state index in [2.05, 4.69) is 38.2 Å². The van der Waals surface area contributed by atoms with E-state index in [4.69, 9.17) is 4.74 Å². The highest BCUT2D eigenvalue weighted by Crippen LogP contribution is 2.25. The van der Waals surface area contributed by atoms with Crippen LogP contribution in [-0.2, 0) is 5.41 Å². The Balaban J connectivity index is 1.81. The molecule has 3 heteroatoms. The summed E-state index contributed by atoms with van der Waals surface area (Å²) in [5.41, 5.74) is 1.36. The molecule has 0 radical (unpaired) electrons. The summed E-state index contributed by atoms with van der Waals surface area (Å²) in [6.45, 7) is 7.50. The number of hydrogen-bond donors (Lipinski definition) is 2. The highest BCUT2D eigenvalue weighted by molar-refractivity contribution is 5.32. The lowest BCUT2D eigenvalue weighted by Crippen LogP contribution is -2.32. The highest BCUT2D eigenvalue weighted by Gasteiger charge is 2.21. The van der Waals surface area contributed by atoms with E-state index < -0.39 is 6.10 Å². The van der Waals surface area contributed by atoms with E-state index >= 15 is 0 Å². The van der Waals surface area contributed by atoms with Crippen molar-refractivity contribution in [1.29, 1.82) is 0 Å². The first-order chi connectivity index (χ1) is 8.95. The van der Waals surface area contributed by atoms with Gasteiger partial charge in [0.05, 0.1) is 0 Å². The molecule has 2 N–H and O–H groups in total. The maximum Gasteiger partial charge on any atom is 0.119 e. The van der Waals surface area contributed by atoms with Crippen molar-refractivity contribution in [2.45, 2.75) is 51.2 Å². The van der Waals surface area contributed by atoms with Gasteiger partial charge in [-0.05, 0) is 36.0 Å². The minimum Gasteiger partial charge on any atom is -0.491 e. The first kappa shape index (κ1) is 14.4. The Morgan fingerprint density at radius 3 is 2.74 bits per heavy atom. The second kappa shape index (κ2) is 5.93. The van der Waals surface area contributed by atoms with Crippen LogP contribution < -0.4 is 10.1 Å². The zero-order valence-corrected chi connectivity index (χ0v) is 12.1. The summed E-state index contributed by atoms with van der Waals surface area (Å²) in [6, 6.07) is 8.74. The third kappa shape index (κ3) is 4.84. The largest absolute Gasteiger partial charge is 0.491 e. The molecule has 0 saturated heterocycles. The molecular weight excluding hydrogens is 238 g/mol. The quantitative estimate of drug-likeness (QED) is 0.828. The van der Waals surface area contributed by atoms with Gasteiger partial charge in [0.25, 0.3) is 0 Å². The van der Waals surface area contributed by atoms with E-state index in [1.165, 1.54) is 18.4 Å². The average molecular weight is 263 g/mol. The van der Waals surface area contributed by atoms with Gasteiger partial charge in [0.15, 0.2) is 0 Å². The SMILES string of the molecule is CC(C)(C)c1cccc(OCC(O)CNC2CC2)c1. The molecule has 1 aliphatic carbocycles. The van der Waals surface area contributed by atoms with Crippen LogP contribution in [0, 0.1) is 0 Å². The molecule has 1 aromatic carbocycles. The monoisotopic (exact) mass is 263 g/mol. The molecule has 1 aliphatic rings. The molecule has 1 unspecified atom stereocenters. The Hall–Kier alpha value is -1.06. The lowest BCUT2D eigenvalue weighted by molar-refractivity contribution is 0.106. The van der Waals surface area contributed by atoms with Crippen molar-refractivity contribution in [3.05, 3.63) is 29.8 Å². The Labute approximate surface area is 116 Å². The van der Waals surface area contributed by atoms with Gasteiger partial charge in [-0.25, -0.2) is 0 Å². The van der Waals surface area contributed by atoms with Crippen molar-refractivity contribution >= 4 is 0 Å². The van der Waals surface area contributed by atoms with Gasteiger partial charge < -0.3 is 15.2 Å². The van der Waals surface area contributed by atoms with E-state index in [1.54, 1.807) is 0 Å². The second-order valence-corrected chi connectivity index (χ2v) is 6.43. The topological polar surface area (TPSA) is 41.5 Å². The Kier molecular flexibility index (Phi) is 4.48. The molecule has 0 amide bonds. The van der Waals surface area contributed by atoms with Gasteiger partial charge in [-0.3, -0.25) is 0 Å². The fourth-order valence-corrected chi connectivity index (χ4v) is 1.89. The number of aliphatic hydroxyl groups is 1. The number of benzene rings is 1. The molecule has 3 nitrogen and oxygen atoms in total. The normalized spacial score (nSPS) is 17.3. The first-order valence-electron chi connectivity index (χ1n) is 7.10. The molecule has 1 atom stereocenters. The highest BCUT2D eigenvalue weighted by atomic mass is 16.5. The van der Waals surface area contributed by atoms with E-state index in [9.17, 15) is 5.11 Å². The number of rotatable bonds is 6. The lowest BCUT2D eigenvalue weighted by Gasteiger charge is -2.20. The van der Waals surface area contributed by atoms with Crippen LogP contribution in [0.15, 0.2) is 24.3 Å². The molecular formula is C16H25NO2. The first-order valence-corrected chi connectivity index (χ1v) is 7.10. The van der Waals surface area contributed by atoms with Crippen molar-refractivity contribution in [2.75, 3.05) is 13.2 Å². The third-order valence-corrected chi connectivity index (χ3v) is 3.36. The molecule has 106 valence electrons. The predicted octanol–water partition coefficient (Wildman–Crippen LogP) is 2.48. The van der Waals surface area contributed by atoms with Crippen LogP contribution in [0.2, 0.25) is 0 Å². The van der Waals surface area contributed by atoms with E-state index in [0.29, 0.717) is 19.2 Å². The van der Waals surface area contributed by atoms with Crippen LogP contribution in [0.3, 0.4) is 0 Å². The van der Waals surface area contributed by atoms with Crippen molar-refractivity contribution in [3.8, 4) is 5.75 Å². The fourth-order valence-electron chi connectivity index (χ4n) is 1.89. The van der Waals surface area contributed by atoms with Crippen molar-refractivity contribution in [2.24, 2.45) is 0 Å². The molecule has 0 aliphatic heterocycles. The van der Waals surface area contributed by atoms with E-state index in [-0.39, 0.29) is 5.41 Å². The summed E-state index contributed by atoms with van der Waals surface area (Å²) >= 11 is 0. The molecule has 1 saturated carbocycles. The van der Waals surface area contributed by atoms with Crippen LogP contribution in [0.1, 0.15) is 39.2 Å². The molecule has 0 bridgehead atoms. The molecule has 2 rings (SSSR count). The molecule has 0 heterocycles. The molecule has 19 heavy (non-hydrogen) atoms. The van der Waals surface area contributed by atoms with Crippen LogP contribution >= 0.6 is 0 Å². The van der Waals surface area contributed by atoms with E-state index in [0.717, 1.165) is 5.75 Å². The zero-order chi connectivity index (χ0) is 13.9. The Bertz CT molecular complexity index is 407. The summed E-state index contributed by atoms with van der Waals surface area (Å²) in [5.74, 6) is 0.831. The van der Waals surface area contributed by atoms with E-state index in [1.807, 2.05) is 12.1 Å². The smallest absolute Gasteiger partial charge is 0.119 e. The Morgan fingerprint density at radius 2 is 2.11 bits per heavy atom. The van der Waals surface area contributed by atoms with Gasteiger partial charge in [0, 0.05) is 12.6 Å². The molecule has 1 fully saturated rings. The summed E-state index contributed by atoms with van der Waals surface area (Å²) in [5, 5.41) is 13.1. The lowest BCUT2D eigenvalue weighted by atomic mass is 9.87. The minimum atomic E-state index is -0.445. The molecule has 0 spiro atoms. The summed E-state index contributed by atoms with van der Waals surface area (Å²) < 4.78 is 5.67. The van der Waals surface area contributed by atoms with Crippen molar-refractivity contribution < 1.29 is 9.84 Å². The maximum atomic E-state index is 9.83. The summed E-state index contributed by atoms with van der Waals surface area (Å²) in [7, 11) is 0. The van der Waals surface area contributed by atoms with Gasteiger partial charge in [0.2, 0.25) is 0 Å². The Morgan fingerprint density at radius 1 is 1.37 bits per heavy atom. The van der Waals surface area contributed by atoms with Crippen LogP contribution in [0.25, 0.3) is 0 Å². The average Bonchev–Trinajstić information content (AvgIpc) is 3.17. The van der Waals surface area contributed by atoms with Gasteiger partial charge in [-0.1, -0.05) is 32.9 Å². The third-order valence-electron chi connectivity index (χ3n) is 3.36. The number of aliphatic hydroxyl groups excluding tert-OH is 1. The van der Waals surface area contributed by atoms with Gasteiger partial charge in [-0.2, -0.15) is 0 Å².